The molecular weight excluding hydrogens is 590 g/mol. The number of methoxy groups -OCH3 is 2. The van der Waals surface area contributed by atoms with Crippen LogP contribution in [-0.4, -0.2) is 43.4 Å². The van der Waals surface area contributed by atoms with Gasteiger partial charge >= 0.3 is 0 Å². The highest BCUT2D eigenvalue weighted by Gasteiger charge is 2.12. The molecule has 0 aliphatic rings. The minimum Gasteiger partial charge on any atom is -0.487 e. The Hall–Kier alpha value is -4.45. The number of ether oxygens (including phenoxy) is 2. The lowest BCUT2D eigenvalue weighted by molar-refractivity contribution is 0.427. The minimum atomic E-state index is 0.445. The van der Waals surface area contributed by atoms with Gasteiger partial charge in [0.2, 0.25) is 0 Å². The second-order valence-electron chi connectivity index (χ2n) is 9.27. The number of halogens is 1. The Kier molecular flexibility index (Phi) is 7.79. The largest absolute Gasteiger partial charge is 0.487 e. The first-order valence-electron chi connectivity index (χ1n) is 12.9. The van der Waals surface area contributed by atoms with Crippen molar-refractivity contribution in [3.05, 3.63) is 95.4 Å². The first-order chi connectivity index (χ1) is 20.4. The van der Waals surface area contributed by atoms with Gasteiger partial charge in [-0.15, -0.1) is 5.10 Å². The fourth-order valence-electron chi connectivity index (χ4n) is 4.23. The third-order valence-corrected chi connectivity index (χ3v) is 8.88. The van der Waals surface area contributed by atoms with Crippen molar-refractivity contribution in [2.45, 2.75) is 13.8 Å². The fraction of sp³-hybridized carbons (Fsp3) is 0.133. The standard InChI is InChI=1S/C19H18N4OS.C11H8ClN3OS/c1-12-4-5-14(10-13(12)2)21-17-7-8-18-20-11-15(23(18)22-17)16-6-9-19(24-3)25-16;1-16-11-5-2-8(17-11)7-6-13-10-4-3-9(12)14-15(7)10/h4-11H,1-3H3,(H,21,22);2-6H,1H3. The van der Waals surface area contributed by atoms with Crippen LogP contribution in [-0.2, 0) is 0 Å². The second-order valence-corrected chi connectivity index (χ2v) is 11.8. The van der Waals surface area contributed by atoms with Crippen LogP contribution in [0.4, 0.5) is 11.5 Å². The number of thiophene rings is 2. The number of hydrogen-bond donors (Lipinski definition) is 1. The summed E-state index contributed by atoms with van der Waals surface area (Å²) < 4.78 is 14.0. The molecule has 0 aliphatic carbocycles. The van der Waals surface area contributed by atoms with E-state index in [2.05, 4.69) is 52.4 Å². The predicted molar refractivity (Wildman–Crippen MR) is 170 cm³/mol. The number of hydrogen-bond acceptors (Lipinski definition) is 9. The Labute approximate surface area is 255 Å². The molecule has 0 saturated heterocycles. The SMILES string of the molecule is COc1ccc(-c2cnc3ccc(Cl)nn23)s1.COc1ccc(-c2cnc3ccc(Nc4ccc(C)c(C)c4)nn23)s1. The number of aromatic nitrogens is 6. The predicted octanol–water partition coefficient (Wildman–Crippen LogP) is 7.95. The summed E-state index contributed by atoms with van der Waals surface area (Å²) in [7, 11) is 3.33. The van der Waals surface area contributed by atoms with Gasteiger partial charge in [0.25, 0.3) is 0 Å². The van der Waals surface area contributed by atoms with E-state index < -0.39 is 0 Å². The molecule has 7 aromatic rings. The van der Waals surface area contributed by atoms with Crippen LogP contribution in [0, 0.1) is 13.8 Å². The van der Waals surface area contributed by atoms with Gasteiger partial charge in [0.05, 0.1) is 36.4 Å². The van der Waals surface area contributed by atoms with E-state index in [1.165, 1.54) is 11.1 Å². The van der Waals surface area contributed by atoms with E-state index in [9.17, 15) is 0 Å². The number of fused-ring (bicyclic) bond motifs is 2. The molecule has 0 fully saturated rings. The van der Waals surface area contributed by atoms with Crippen molar-refractivity contribution in [3.8, 4) is 31.3 Å². The summed E-state index contributed by atoms with van der Waals surface area (Å²) in [5.74, 6) is 0.776. The number of aryl methyl sites for hydroxylation is 2. The molecule has 1 N–H and O–H groups in total. The lowest BCUT2D eigenvalue weighted by Crippen LogP contribution is -2.00. The van der Waals surface area contributed by atoms with Crippen LogP contribution in [0.2, 0.25) is 5.15 Å². The molecule has 42 heavy (non-hydrogen) atoms. The van der Waals surface area contributed by atoms with Gasteiger partial charge in [-0.1, -0.05) is 40.3 Å². The highest BCUT2D eigenvalue weighted by molar-refractivity contribution is 7.17. The normalized spacial score (nSPS) is 11.0. The van der Waals surface area contributed by atoms with Crippen molar-refractivity contribution >= 4 is 57.1 Å². The summed E-state index contributed by atoms with van der Waals surface area (Å²) >= 11 is 9.01. The zero-order valence-corrected chi connectivity index (χ0v) is 25.6. The topological polar surface area (TPSA) is 90.9 Å². The first-order valence-corrected chi connectivity index (χ1v) is 14.9. The average Bonchev–Trinajstić information content (AvgIpc) is 3.80. The van der Waals surface area contributed by atoms with Crippen LogP contribution in [0.3, 0.4) is 0 Å². The smallest absolute Gasteiger partial charge is 0.173 e. The van der Waals surface area contributed by atoms with Gasteiger partial charge in [-0.05, 0) is 85.6 Å². The van der Waals surface area contributed by atoms with Crippen molar-refractivity contribution in [1.82, 2.24) is 29.2 Å². The van der Waals surface area contributed by atoms with E-state index >= 15 is 0 Å². The van der Waals surface area contributed by atoms with Gasteiger partial charge < -0.3 is 14.8 Å². The molecule has 212 valence electrons. The molecule has 0 saturated carbocycles. The van der Waals surface area contributed by atoms with Crippen LogP contribution in [0.15, 0.2) is 79.1 Å². The van der Waals surface area contributed by atoms with E-state index in [0.717, 1.165) is 54.1 Å². The summed E-state index contributed by atoms with van der Waals surface area (Å²) in [5.41, 5.74) is 7.00. The van der Waals surface area contributed by atoms with E-state index in [0.29, 0.717) is 5.15 Å². The minimum absolute atomic E-state index is 0.445. The molecule has 0 aliphatic heterocycles. The summed E-state index contributed by atoms with van der Waals surface area (Å²) in [6, 6.07) is 21.6. The number of nitrogens with zero attached hydrogens (tertiary/aromatic N) is 6. The van der Waals surface area contributed by atoms with Gasteiger partial charge in [-0.25, -0.2) is 19.0 Å². The van der Waals surface area contributed by atoms with Crippen molar-refractivity contribution in [2.75, 3.05) is 19.5 Å². The van der Waals surface area contributed by atoms with E-state index in [4.69, 9.17) is 26.2 Å². The fourth-order valence-corrected chi connectivity index (χ4v) is 6.00. The number of rotatable bonds is 6. The van der Waals surface area contributed by atoms with Crippen LogP contribution < -0.4 is 14.8 Å². The van der Waals surface area contributed by atoms with Gasteiger partial charge in [0, 0.05) is 5.69 Å². The molecule has 0 amide bonds. The van der Waals surface area contributed by atoms with Crippen LogP contribution in [0.1, 0.15) is 11.1 Å². The second kappa shape index (κ2) is 11.8. The highest BCUT2D eigenvalue weighted by Crippen LogP contribution is 2.34. The maximum absolute atomic E-state index is 5.89. The van der Waals surface area contributed by atoms with E-state index in [1.54, 1.807) is 53.7 Å². The lowest BCUT2D eigenvalue weighted by Gasteiger charge is -2.08. The summed E-state index contributed by atoms with van der Waals surface area (Å²) in [6.45, 7) is 4.21. The Morgan fingerprint density at radius 2 is 1.29 bits per heavy atom. The number of imidazole rings is 2. The monoisotopic (exact) mass is 615 g/mol. The lowest BCUT2D eigenvalue weighted by atomic mass is 10.1. The zero-order chi connectivity index (χ0) is 29.2. The molecule has 0 spiro atoms. The maximum atomic E-state index is 5.89. The first kappa shape index (κ1) is 27.7. The molecule has 0 radical (unpaired) electrons. The highest BCUT2D eigenvalue weighted by atomic mass is 35.5. The molecule has 1 aromatic carbocycles. The Morgan fingerprint density at radius 1 is 0.690 bits per heavy atom. The van der Waals surface area contributed by atoms with Crippen molar-refractivity contribution in [2.24, 2.45) is 0 Å². The number of nitrogens with one attached hydrogen (secondary N) is 1. The number of anilines is 2. The average molecular weight is 616 g/mol. The molecule has 12 heteroatoms. The van der Waals surface area contributed by atoms with E-state index in [1.807, 2.05) is 53.2 Å². The Balaban J connectivity index is 0.000000162. The van der Waals surface area contributed by atoms with Gasteiger partial charge in [-0.2, -0.15) is 5.10 Å². The van der Waals surface area contributed by atoms with Crippen LogP contribution >= 0.6 is 34.3 Å². The third kappa shape index (κ3) is 5.67. The molecule has 0 bridgehead atoms. The van der Waals surface area contributed by atoms with Crippen LogP contribution in [0.25, 0.3) is 32.4 Å². The number of benzene rings is 1. The molecule has 6 heterocycles. The third-order valence-electron chi connectivity index (χ3n) is 6.54. The van der Waals surface area contributed by atoms with Crippen molar-refractivity contribution < 1.29 is 9.47 Å². The summed E-state index contributed by atoms with van der Waals surface area (Å²) in [5, 5.41) is 14.5. The molecule has 9 nitrogen and oxygen atoms in total. The summed E-state index contributed by atoms with van der Waals surface area (Å²) in [6.07, 6.45) is 3.62. The van der Waals surface area contributed by atoms with E-state index in [-0.39, 0.29) is 0 Å². The van der Waals surface area contributed by atoms with Gasteiger partial charge in [-0.3, -0.25) is 0 Å². The quantitative estimate of drug-likeness (QED) is 0.203. The van der Waals surface area contributed by atoms with Crippen LogP contribution in [0.5, 0.6) is 10.1 Å². The molecule has 0 atom stereocenters. The molecule has 0 unspecified atom stereocenters. The molecular formula is C30H26ClN7O2S2. The zero-order valence-electron chi connectivity index (χ0n) is 23.2. The van der Waals surface area contributed by atoms with Gasteiger partial charge in [0.15, 0.2) is 27.2 Å². The Bertz CT molecular complexity index is 2010. The van der Waals surface area contributed by atoms with Crippen molar-refractivity contribution in [3.63, 3.8) is 0 Å². The van der Waals surface area contributed by atoms with Crippen molar-refractivity contribution in [1.29, 1.82) is 0 Å². The molecule has 6 aromatic heterocycles. The molecule has 7 rings (SSSR count). The van der Waals surface area contributed by atoms with Gasteiger partial charge in [0.1, 0.15) is 16.5 Å². The maximum Gasteiger partial charge on any atom is 0.173 e. The summed E-state index contributed by atoms with van der Waals surface area (Å²) in [4.78, 5) is 10.8. The Morgan fingerprint density at radius 3 is 1.86 bits per heavy atom.